The third-order valence-corrected chi connectivity index (χ3v) is 4.71. The molecule has 1 N–H and O–H groups in total. The number of carbonyl (C=O) groups excluding carboxylic acids is 1. The highest BCUT2D eigenvalue weighted by molar-refractivity contribution is 7.98. The molecule has 0 saturated carbocycles. The first kappa shape index (κ1) is 15.9. The summed E-state index contributed by atoms with van der Waals surface area (Å²) in [6.07, 6.45) is 2.80. The van der Waals surface area contributed by atoms with Crippen molar-refractivity contribution in [2.24, 2.45) is 0 Å². The van der Waals surface area contributed by atoms with Crippen LogP contribution in [0.15, 0.2) is 30.3 Å². The number of piperidine rings is 1. The smallest absolute Gasteiger partial charge is 0.326 e. The third kappa shape index (κ3) is 4.77. The summed E-state index contributed by atoms with van der Waals surface area (Å²) in [5, 5.41) is 9.18. The van der Waals surface area contributed by atoms with E-state index in [1.54, 1.807) is 16.7 Å². The molecule has 1 aliphatic heterocycles. The molecule has 4 nitrogen and oxygen atoms in total. The number of amides is 1. The van der Waals surface area contributed by atoms with Crippen molar-refractivity contribution in [3.63, 3.8) is 0 Å². The fourth-order valence-electron chi connectivity index (χ4n) is 2.55. The van der Waals surface area contributed by atoms with E-state index >= 15 is 0 Å². The highest BCUT2D eigenvalue weighted by Gasteiger charge is 2.31. The summed E-state index contributed by atoms with van der Waals surface area (Å²) < 4.78 is 0. The first-order valence-electron chi connectivity index (χ1n) is 7.32. The van der Waals surface area contributed by atoms with Gasteiger partial charge in [0.2, 0.25) is 5.91 Å². The standard InChI is InChI=1S/C16H21NO3S/c18-15(17-10-5-4-8-14(17)16(19)20)9-11-21-12-13-6-2-1-3-7-13/h1-3,6-7,14H,4-5,8-12H2,(H,19,20). The molecule has 5 heteroatoms. The second-order valence-corrected chi connectivity index (χ2v) is 6.33. The molecule has 0 aromatic heterocycles. The first-order chi connectivity index (χ1) is 10.2. The molecule has 21 heavy (non-hydrogen) atoms. The van der Waals surface area contributed by atoms with Gasteiger partial charge in [-0.15, -0.1) is 0 Å². The van der Waals surface area contributed by atoms with Crippen LogP contribution in [0.4, 0.5) is 0 Å². The van der Waals surface area contributed by atoms with Crippen molar-refractivity contribution in [3.8, 4) is 0 Å². The maximum atomic E-state index is 12.2. The minimum absolute atomic E-state index is 0.0253. The molecule has 114 valence electrons. The normalized spacial score (nSPS) is 18.5. The molecule has 1 heterocycles. The van der Waals surface area contributed by atoms with Crippen LogP contribution in [0.2, 0.25) is 0 Å². The van der Waals surface area contributed by atoms with Crippen molar-refractivity contribution in [2.75, 3.05) is 12.3 Å². The lowest BCUT2D eigenvalue weighted by molar-refractivity contribution is -0.151. The Kier molecular flexibility index (Phi) is 6.11. The predicted molar refractivity (Wildman–Crippen MR) is 84.2 cm³/mol. The van der Waals surface area contributed by atoms with Crippen molar-refractivity contribution >= 4 is 23.6 Å². The number of nitrogens with zero attached hydrogens (tertiary/aromatic N) is 1. The van der Waals surface area contributed by atoms with Gasteiger partial charge in [-0.25, -0.2) is 4.79 Å². The topological polar surface area (TPSA) is 57.6 Å². The monoisotopic (exact) mass is 307 g/mol. The van der Waals surface area contributed by atoms with Crippen molar-refractivity contribution in [1.82, 2.24) is 4.90 Å². The SMILES string of the molecule is O=C(O)C1CCCCN1C(=O)CCSCc1ccccc1. The molecule has 1 fully saturated rings. The fraction of sp³-hybridized carbons (Fsp3) is 0.500. The number of carboxylic acids is 1. The number of carboxylic acid groups (broad SMARTS) is 1. The Morgan fingerprint density at radius 2 is 2.00 bits per heavy atom. The Morgan fingerprint density at radius 3 is 2.71 bits per heavy atom. The van der Waals surface area contributed by atoms with E-state index in [4.69, 9.17) is 0 Å². The lowest BCUT2D eigenvalue weighted by Gasteiger charge is -2.33. The number of benzene rings is 1. The summed E-state index contributed by atoms with van der Waals surface area (Å²) in [4.78, 5) is 24.9. The van der Waals surface area contributed by atoms with Crippen LogP contribution < -0.4 is 0 Å². The van der Waals surface area contributed by atoms with E-state index in [9.17, 15) is 14.7 Å². The summed E-state index contributed by atoms with van der Waals surface area (Å²) >= 11 is 1.71. The second kappa shape index (κ2) is 8.08. The maximum absolute atomic E-state index is 12.2. The Bertz CT molecular complexity index is 478. The van der Waals surface area contributed by atoms with Gasteiger partial charge in [0.1, 0.15) is 6.04 Å². The van der Waals surface area contributed by atoms with Crippen LogP contribution in [0.25, 0.3) is 0 Å². The minimum Gasteiger partial charge on any atom is -0.480 e. The van der Waals surface area contributed by atoms with E-state index < -0.39 is 12.0 Å². The van der Waals surface area contributed by atoms with E-state index in [-0.39, 0.29) is 5.91 Å². The molecule has 1 atom stereocenters. The van der Waals surface area contributed by atoms with Gasteiger partial charge in [-0.05, 0) is 24.8 Å². The Balaban J connectivity index is 1.74. The minimum atomic E-state index is -0.875. The number of likely N-dealkylation sites (tertiary alicyclic amines) is 1. The van der Waals surface area contributed by atoms with Crippen molar-refractivity contribution < 1.29 is 14.7 Å². The van der Waals surface area contributed by atoms with Crippen molar-refractivity contribution in [3.05, 3.63) is 35.9 Å². The molecule has 0 radical (unpaired) electrons. The molecule has 0 spiro atoms. The lowest BCUT2D eigenvalue weighted by atomic mass is 10.0. The van der Waals surface area contributed by atoms with Gasteiger partial charge in [0.05, 0.1) is 0 Å². The van der Waals surface area contributed by atoms with E-state index in [1.165, 1.54) is 5.56 Å². The number of thioether (sulfide) groups is 1. The Hall–Kier alpha value is -1.49. The Labute approximate surface area is 129 Å². The van der Waals surface area contributed by atoms with Gasteiger partial charge < -0.3 is 10.0 Å². The quantitative estimate of drug-likeness (QED) is 0.821. The molecule has 0 aliphatic carbocycles. The molecule has 1 aromatic rings. The molecule has 1 amide bonds. The lowest BCUT2D eigenvalue weighted by Crippen LogP contribution is -2.48. The third-order valence-electron chi connectivity index (χ3n) is 3.68. The van der Waals surface area contributed by atoms with Crippen LogP contribution >= 0.6 is 11.8 Å². The summed E-state index contributed by atoms with van der Waals surface area (Å²) in [5.41, 5.74) is 1.25. The van der Waals surface area contributed by atoms with Crippen LogP contribution in [0.5, 0.6) is 0 Å². The zero-order valence-electron chi connectivity index (χ0n) is 12.0. The van der Waals surface area contributed by atoms with Gasteiger partial charge in [-0.3, -0.25) is 4.79 Å². The maximum Gasteiger partial charge on any atom is 0.326 e. The number of hydrogen-bond donors (Lipinski definition) is 1. The largest absolute Gasteiger partial charge is 0.480 e. The molecular formula is C16H21NO3S. The van der Waals surface area contributed by atoms with E-state index in [0.29, 0.717) is 19.4 Å². The molecule has 1 saturated heterocycles. The average Bonchev–Trinajstić information content (AvgIpc) is 2.52. The fourth-order valence-corrected chi connectivity index (χ4v) is 3.45. The van der Waals surface area contributed by atoms with Gasteiger partial charge in [0.15, 0.2) is 0 Å². The van der Waals surface area contributed by atoms with Crippen LogP contribution in [0.3, 0.4) is 0 Å². The summed E-state index contributed by atoms with van der Waals surface area (Å²) in [5.74, 6) is 0.718. The van der Waals surface area contributed by atoms with E-state index in [2.05, 4.69) is 12.1 Å². The van der Waals surface area contributed by atoms with Gasteiger partial charge in [-0.2, -0.15) is 11.8 Å². The summed E-state index contributed by atoms with van der Waals surface area (Å²) in [6, 6.07) is 9.52. The molecule has 0 bridgehead atoms. The van der Waals surface area contributed by atoms with Gasteiger partial charge in [-0.1, -0.05) is 30.3 Å². The molecule has 1 aromatic carbocycles. The highest BCUT2D eigenvalue weighted by atomic mass is 32.2. The van der Waals surface area contributed by atoms with Gasteiger partial charge in [0, 0.05) is 24.5 Å². The number of carbonyl (C=O) groups is 2. The van der Waals surface area contributed by atoms with E-state index in [1.807, 2.05) is 18.2 Å². The summed E-state index contributed by atoms with van der Waals surface area (Å²) in [7, 11) is 0. The number of aliphatic carboxylic acids is 1. The molecule has 1 unspecified atom stereocenters. The van der Waals surface area contributed by atoms with Crippen LogP contribution in [-0.2, 0) is 15.3 Å². The van der Waals surface area contributed by atoms with Crippen molar-refractivity contribution in [2.45, 2.75) is 37.5 Å². The number of hydrogen-bond acceptors (Lipinski definition) is 3. The number of rotatable bonds is 6. The van der Waals surface area contributed by atoms with Crippen molar-refractivity contribution in [1.29, 1.82) is 0 Å². The van der Waals surface area contributed by atoms with Crippen LogP contribution in [-0.4, -0.2) is 40.2 Å². The van der Waals surface area contributed by atoms with Crippen LogP contribution in [0, 0.1) is 0 Å². The second-order valence-electron chi connectivity index (χ2n) is 5.23. The summed E-state index contributed by atoms with van der Waals surface area (Å²) in [6.45, 7) is 0.582. The molecular weight excluding hydrogens is 286 g/mol. The Morgan fingerprint density at radius 1 is 1.24 bits per heavy atom. The molecule has 1 aliphatic rings. The predicted octanol–water partition coefficient (Wildman–Crippen LogP) is 2.78. The zero-order chi connectivity index (χ0) is 15.1. The average molecular weight is 307 g/mol. The highest BCUT2D eigenvalue weighted by Crippen LogP contribution is 2.19. The molecule has 2 rings (SSSR count). The van der Waals surface area contributed by atoms with Gasteiger partial charge >= 0.3 is 5.97 Å². The zero-order valence-corrected chi connectivity index (χ0v) is 12.8. The van der Waals surface area contributed by atoms with Gasteiger partial charge in [0.25, 0.3) is 0 Å². The van der Waals surface area contributed by atoms with Crippen LogP contribution in [0.1, 0.15) is 31.2 Å². The van der Waals surface area contributed by atoms with E-state index in [0.717, 1.165) is 24.3 Å². The first-order valence-corrected chi connectivity index (χ1v) is 8.48.